The lowest BCUT2D eigenvalue weighted by Crippen LogP contribution is -2.15. The van der Waals surface area contributed by atoms with Crippen molar-refractivity contribution in [3.05, 3.63) is 18.2 Å². The normalized spacial score (nSPS) is 13.5. The summed E-state index contributed by atoms with van der Waals surface area (Å²) >= 11 is 0. The number of ether oxygens (including phenoxy) is 2. The van der Waals surface area contributed by atoms with Crippen molar-refractivity contribution in [3.8, 4) is 11.5 Å². The van der Waals surface area contributed by atoms with Crippen LogP contribution in [0, 0.1) is 0 Å². The number of rotatable bonds is 6. The average Bonchev–Trinajstić information content (AvgIpc) is 2.38. The zero-order valence-corrected chi connectivity index (χ0v) is 9.95. The minimum atomic E-state index is 0.282. The van der Waals surface area contributed by atoms with E-state index in [4.69, 9.17) is 14.6 Å². The van der Waals surface area contributed by atoms with E-state index >= 15 is 0 Å². The lowest BCUT2D eigenvalue weighted by Gasteiger charge is -2.19. The monoisotopic (exact) mass is 237 g/mol. The largest absolute Gasteiger partial charge is 0.486 e. The summed E-state index contributed by atoms with van der Waals surface area (Å²) in [5.74, 6) is 1.64. The Morgan fingerprint density at radius 3 is 2.71 bits per heavy atom. The Kier molecular flexibility index (Phi) is 4.50. The Bertz CT molecular complexity index is 355. The maximum atomic E-state index is 8.66. The predicted octanol–water partition coefficient (Wildman–Crippen LogP) is 2.03. The molecular formula is C13H19NO3. The van der Waals surface area contributed by atoms with Gasteiger partial charge >= 0.3 is 0 Å². The molecule has 1 aliphatic rings. The molecule has 0 saturated carbocycles. The quantitative estimate of drug-likeness (QED) is 0.743. The topological polar surface area (TPSA) is 50.7 Å². The molecule has 0 unspecified atom stereocenters. The highest BCUT2D eigenvalue weighted by Crippen LogP contribution is 2.32. The van der Waals surface area contributed by atoms with Gasteiger partial charge in [-0.05, 0) is 31.4 Å². The summed E-state index contributed by atoms with van der Waals surface area (Å²) in [6.45, 7) is 2.44. The standard InChI is InChI=1S/C13H19NO3/c15-7-3-1-2-6-14-11-4-5-12-13(10-11)17-9-8-16-12/h4-5,10,14-15H,1-3,6-9H2. The Morgan fingerprint density at radius 2 is 1.88 bits per heavy atom. The van der Waals surface area contributed by atoms with Crippen molar-refractivity contribution in [3.63, 3.8) is 0 Å². The summed E-state index contributed by atoms with van der Waals surface area (Å²) in [7, 11) is 0. The van der Waals surface area contributed by atoms with Crippen LogP contribution >= 0.6 is 0 Å². The number of hydrogen-bond acceptors (Lipinski definition) is 4. The number of anilines is 1. The molecule has 0 radical (unpaired) electrons. The van der Waals surface area contributed by atoms with Gasteiger partial charge in [-0.3, -0.25) is 0 Å². The summed E-state index contributed by atoms with van der Waals surface area (Å²) in [5, 5.41) is 12.0. The molecule has 1 aromatic carbocycles. The molecule has 4 heteroatoms. The number of hydrogen-bond donors (Lipinski definition) is 2. The molecule has 1 heterocycles. The summed E-state index contributed by atoms with van der Waals surface area (Å²) in [4.78, 5) is 0. The Hall–Kier alpha value is -1.42. The number of aliphatic hydroxyl groups excluding tert-OH is 1. The Labute approximate surface area is 102 Å². The van der Waals surface area contributed by atoms with Gasteiger partial charge in [-0.15, -0.1) is 0 Å². The van der Waals surface area contributed by atoms with Gasteiger partial charge in [0.2, 0.25) is 0 Å². The van der Waals surface area contributed by atoms with Gasteiger partial charge in [-0.1, -0.05) is 0 Å². The second-order valence-electron chi connectivity index (χ2n) is 4.07. The first kappa shape index (κ1) is 12.0. The average molecular weight is 237 g/mol. The number of benzene rings is 1. The van der Waals surface area contributed by atoms with E-state index in [1.54, 1.807) is 0 Å². The van der Waals surface area contributed by atoms with Gasteiger partial charge in [0.15, 0.2) is 11.5 Å². The third-order valence-corrected chi connectivity index (χ3v) is 2.71. The highest BCUT2D eigenvalue weighted by molar-refractivity contribution is 5.55. The van der Waals surface area contributed by atoms with Crippen LogP contribution in [0.1, 0.15) is 19.3 Å². The van der Waals surface area contributed by atoms with Gasteiger partial charge in [0.05, 0.1) is 0 Å². The smallest absolute Gasteiger partial charge is 0.163 e. The molecular weight excluding hydrogens is 218 g/mol. The third-order valence-electron chi connectivity index (χ3n) is 2.71. The van der Waals surface area contributed by atoms with E-state index in [1.165, 1.54) is 0 Å². The third kappa shape index (κ3) is 3.53. The Morgan fingerprint density at radius 1 is 1.06 bits per heavy atom. The number of unbranched alkanes of at least 4 members (excludes halogenated alkanes) is 2. The van der Waals surface area contributed by atoms with E-state index < -0.39 is 0 Å². The highest BCUT2D eigenvalue weighted by atomic mass is 16.6. The fourth-order valence-electron chi connectivity index (χ4n) is 1.80. The molecule has 2 rings (SSSR count). The summed E-state index contributed by atoms with van der Waals surface area (Å²) < 4.78 is 11.0. The van der Waals surface area contributed by atoms with Gasteiger partial charge in [-0.2, -0.15) is 0 Å². The van der Waals surface area contributed by atoms with Crippen molar-refractivity contribution in [1.82, 2.24) is 0 Å². The second-order valence-corrected chi connectivity index (χ2v) is 4.07. The second kappa shape index (κ2) is 6.35. The van der Waals surface area contributed by atoms with Crippen molar-refractivity contribution in [1.29, 1.82) is 0 Å². The van der Waals surface area contributed by atoms with Gasteiger partial charge in [0.25, 0.3) is 0 Å². The molecule has 0 aromatic heterocycles. The maximum Gasteiger partial charge on any atom is 0.163 e. The molecule has 4 nitrogen and oxygen atoms in total. The zero-order chi connectivity index (χ0) is 11.9. The minimum absolute atomic E-state index is 0.282. The van der Waals surface area contributed by atoms with Crippen LogP contribution in [0.25, 0.3) is 0 Å². The van der Waals surface area contributed by atoms with Crippen molar-refractivity contribution in [2.24, 2.45) is 0 Å². The van der Waals surface area contributed by atoms with E-state index in [0.29, 0.717) is 13.2 Å². The maximum absolute atomic E-state index is 8.66. The van der Waals surface area contributed by atoms with E-state index in [-0.39, 0.29) is 6.61 Å². The molecule has 0 spiro atoms. The van der Waals surface area contributed by atoms with Crippen LogP contribution < -0.4 is 14.8 Å². The minimum Gasteiger partial charge on any atom is -0.486 e. The van der Waals surface area contributed by atoms with Crippen LogP contribution in [0.4, 0.5) is 5.69 Å². The molecule has 0 bridgehead atoms. The van der Waals surface area contributed by atoms with Crippen molar-refractivity contribution >= 4 is 5.69 Å². The van der Waals surface area contributed by atoms with Crippen LogP contribution in [0.15, 0.2) is 18.2 Å². The van der Waals surface area contributed by atoms with E-state index in [0.717, 1.165) is 43.0 Å². The first-order valence-electron chi connectivity index (χ1n) is 6.14. The molecule has 1 aromatic rings. The molecule has 0 aliphatic carbocycles. The zero-order valence-electron chi connectivity index (χ0n) is 9.95. The van der Waals surface area contributed by atoms with Crippen LogP contribution in [0.2, 0.25) is 0 Å². The number of aliphatic hydroxyl groups is 1. The summed E-state index contributed by atoms with van der Waals surface area (Å²) in [6.07, 6.45) is 2.99. The Balaban J connectivity index is 1.81. The molecule has 1 aliphatic heterocycles. The van der Waals surface area contributed by atoms with Gasteiger partial charge in [0.1, 0.15) is 13.2 Å². The molecule has 2 N–H and O–H groups in total. The predicted molar refractivity (Wildman–Crippen MR) is 66.9 cm³/mol. The van der Waals surface area contributed by atoms with Crippen molar-refractivity contribution < 1.29 is 14.6 Å². The van der Waals surface area contributed by atoms with Crippen LogP contribution in [0.5, 0.6) is 11.5 Å². The molecule has 0 fully saturated rings. The fraction of sp³-hybridized carbons (Fsp3) is 0.538. The summed E-state index contributed by atoms with van der Waals surface area (Å²) in [6, 6.07) is 5.91. The van der Waals surface area contributed by atoms with Crippen LogP contribution in [0.3, 0.4) is 0 Å². The molecule has 0 amide bonds. The summed E-state index contributed by atoms with van der Waals surface area (Å²) in [5.41, 5.74) is 1.05. The number of nitrogens with one attached hydrogen (secondary N) is 1. The van der Waals surface area contributed by atoms with Gasteiger partial charge < -0.3 is 19.9 Å². The van der Waals surface area contributed by atoms with Gasteiger partial charge in [-0.25, -0.2) is 0 Å². The first-order valence-corrected chi connectivity index (χ1v) is 6.14. The molecule has 17 heavy (non-hydrogen) atoms. The highest BCUT2D eigenvalue weighted by Gasteiger charge is 2.11. The lowest BCUT2D eigenvalue weighted by atomic mass is 10.2. The fourth-order valence-corrected chi connectivity index (χ4v) is 1.80. The van der Waals surface area contributed by atoms with E-state index in [1.807, 2.05) is 18.2 Å². The molecule has 0 atom stereocenters. The lowest BCUT2D eigenvalue weighted by molar-refractivity contribution is 0.171. The van der Waals surface area contributed by atoms with Crippen LogP contribution in [-0.4, -0.2) is 31.5 Å². The van der Waals surface area contributed by atoms with Crippen LogP contribution in [-0.2, 0) is 0 Å². The first-order chi connectivity index (χ1) is 8.40. The molecule has 0 saturated heterocycles. The number of fused-ring (bicyclic) bond motifs is 1. The van der Waals surface area contributed by atoms with E-state index in [2.05, 4.69) is 5.32 Å². The van der Waals surface area contributed by atoms with E-state index in [9.17, 15) is 0 Å². The van der Waals surface area contributed by atoms with Crippen molar-refractivity contribution in [2.45, 2.75) is 19.3 Å². The van der Waals surface area contributed by atoms with Crippen molar-refractivity contribution in [2.75, 3.05) is 31.7 Å². The SMILES string of the molecule is OCCCCCNc1ccc2c(c1)OCCO2. The molecule has 94 valence electrons. The van der Waals surface area contributed by atoms with Gasteiger partial charge in [0, 0.05) is 24.9 Å².